The van der Waals surface area contributed by atoms with E-state index in [1.807, 2.05) is 13.0 Å². The molecule has 0 aliphatic rings. The maximum Gasteiger partial charge on any atom is 0.226 e. The summed E-state index contributed by atoms with van der Waals surface area (Å²) in [5.74, 6) is -0.0896. The van der Waals surface area contributed by atoms with Crippen molar-refractivity contribution in [3.63, 3.8) is 0 Å². The van der Waals surface area contributed by atoms with Crippen LogP contribution in [0.15, 0.2) is 22.7 Å². The van der Waals surface area contributed by atoms with Crippen LogP contribution in [0.4, 0.5) is 5.69 Å². The van der Waals surface area contributed by atoms with Crippen molar-refractivity contribution >= 4 is 56.5 Å². The fraction of sp³-hybridized carbons (Fsp3) is 0.273. The fourth-order valence-electron chi connectivity index (χ4n) is 1.15. The third-order valence-corrected chi connectivity index (χ3v) is 3.34. The predicted octanol–water partition coefficient (Wildman–Crippen LogP) is 3.72. The van der Waals surface area contributed by atoms with Crippen molar-refractivity contribution in [3.8, 4) is 0 Å². The summed E-state index contributed by atoms with van der Waals surface area (Å²) < 4.78 is 0.811. The van der Waals surface area contributed by atoms with Crippen molar-refractivity contribution in [2.75, 3.05) is 5.32 Å². The molecule has 1 rings (SSSR count). The number of hydrogen-bond donors (Lipinski definition) is 2. The van der Waals surface area contributed by atoms with Gasteiger partial charge < -0.3 is 10.6 Å². The van der Waals surface area contributed by atoms with Gasteiger partial charge in [0.2, 0.25) is 5.91 Å². The van der Waals surface area contributed by atoms with Crippen LogP contribution in [0.1, 0.15) is 19.8 Å². The van der Waals surface area contributed by atoms with E-state index < -0.39 is 0 Å². The van der Waals surface area contributed by atoms with Gasteiger partial charge in [-0.1, -0.05) is 18.5 Å². The van der Waals surface area contributed by atoms with Crippen molar-refractivity contribution < 1.29 is 4.79 Å². The molecule has 0 saturated heterocycles. The molecule has 1 aromatic rings. The Balaban J connectivity index is 2.56. The Morgan fingerprint density at radius 2 is 2.24 bits per heavy atom. The lowest BCUT2D eigenvalue weighted by molar-refractivity contribution is -0.119. The maximum atomic E-state index is 11.3. The summed E-state index contributed by atoms with van der Waals surface area (Å²) in [6.07, 6.45) is 1.25. The SMILES string of the molecule is CCCC(=O)NC(=S)Nc1ccc(Br)c(Cl)c1. The van der Waals surface area contributed by atoms with E-state index in [2.05, 4.69) is 26.6 Å². The van der Waals surface area contributed by atoms with Gasteiger partial charge in [0, 0.05) is 16.6 Å². The molecule has 0 bridgehead atoms. The quantitative estimate of drug-likeness (QED) is 0.827. The van der Waals surface area contributed by atoms with Crippen LogP contribution < -0.4 is 10.6 Å². The van der Waals surface area contributed by atoms with Crippen molar-refractivity contribution in [3.05, 3.63) is 27.7 Å². The Labute approximate surface area is 119 Å². The molecule has 0 fully saturated rings. The van der Waals surface area contributed by atoms with Gasteiger partial charge in [-0.3, -0.25) is 4.79 Å². The standard InChI is InChI=1S/C11H12BrClN2OS/c1-2-3-10(16)15-11(17)14-7-4-5-8(12)9(13)6-7/h4-6H,2-3H2,1H3,(H2,14,15,16,17). The zero-order valence-electron chi connectivity index (χ0n) is 9.22. The van der Waals surface area contributed by atoms with Gasteiger partial charge >= 0.3 is 0 Å². The lowest BCUT2D eigenvalue weighted by atomic mass is 10.3. The summed E-state index contributed by atoms with van der Waals surface area (Å²) >= 11 is 14.2. The zero-order chi connectivity index (χ0) is 12.8. The molecule has 0 spiro atoms. The smallest absolute Gasteiger partial charge is 0.226 e. The molecule has 3 nitrogen and oxygen atoms in total. The highest BCUT2D eigenvalue weighted by molar-refractivity contribution is 9.10. The molecule has 1 aromatic carbocycles. The number of rotatable bonds is 3. The Kier molecular flexibility index (Phi) is 5.88. The van der Waals surface area contributed by atoms with Crippen molar-refractivity contribution in [2.45, 2.75) is 19.8 Å². The molecule has 6 heteroatoms. The monoisotopic (exact) mass is 334 g/mol. The second-order valence-corrected chi connectivity index (χ2v) is 5.05. The molecule has 0 aromatic heterocycles. The summed E-state index contributed by atoms with van der Waals surface area (Å²) in [5, 5.41) is 6.34. The number of thiocarbonyl (C=S) groups is 1. The number of carbonyl (C=O) groups excluding carboxylic acids is 1. The summed E-state index contributed by atoms with van der Waals surface area (Å²) in [5.41, 5.74) is 0.736. The van der Waals surface area contributed by atoms with Gasteiger partial charge in [0.1, 0.15) is 0 Å². The van der Waals surface area contributed by atoms with Crippen LogP contribution >= 0.6 is 39.7 Å². The lowest BCUT2D eigenvalue weighted by Gasteiger charge is -2.09. The highest BCUT2D eigenvalue weighted by atomic mass is 79.9. The normalized spacial score (nSPS) is 9.82. The molecule has 0 unspecified atom stereocenters. The minimum Gasteiger partial charge on any atom is -0.332 e. The number of nitrogens with one attached hydrogen (secondary N) is 2. The van der Waals surface area contributed by atoms with Gasteiger partial charge in [-0.15, -0.1) is 0 Å². The fourth-order valence-corrected chi connectivity index (χ4v) is 1.81. The van der Waals surface area contributed by atoms with Crippen LogP contribution in [0, 0.1) is 0 Å². The van der Waals surface area contributed by atoms with Gasteiger partial charge in [-0.25, -0.2) is 0 Å². The number of halogens is 2. The maximum absolute atomic E-state index is 11.3. The molecular formula is C11H12BrClN2OS. The average molecular weight is 336 g/mol. The molecule has 0 aliphatic heterocycles. The Morgan fingerprint density at radius 3 is 2.82 bits per heavy atom. The average Bonchev–Trinajstić information content (AvgIpc) is 2.23. The molecule has 0 atom stereocenters. The third-order valence-electron chi connectivity index (χ3n) is 1.91. The molecule has 0 radical (unpaired) electrons. The van der Waals surface area contributed by atoms with Crippen LogP contribution in [0.3, 0.4) is 0 Å². The van der Waals surface area contributed by atoms with E-state index in [4.69, 9.17) is 23.8 Å². The first-order valence-corrected chi connectivity index (χ1v) is 6.66. The van der Waals surface area contributed by atoms with Crippen LogP contribution in [-0.4, -0.2) is 11.0 Å². The predicted molar refractivity (Wildman–Crippen MR) is 78.4 cm³/mol. The minimum absolute atomic E-state index is 0.0896. The van der Waals surface area contributed by atoms with Crippen LogP contribution in [-0.2, 0) is 4.79 Å². The van der Waals surface area contributed by atoms with E-state index in [-0.39, 0.29) is 11.0 Å². The first kappa shape index (κ1) is 14.4. The summed E-state index contributed by atoms with van der Waals surface area (Å²) in [6.45, 7) is 1.94. The van der Waals surface area contributed by atoms with Gasteiger partial charge in [0.25, 0.3) is 0 Å². The first-order chi connectivity index (χ1) is 8.02. The first-order valence-electron chi connectivity index (χ1n) is 5.08. The van der Waals surface area contributed by atoms with Gasteiger partial charge in [0.15, 0.2) is 5.11 Å². The molecule has 92 valence electrons. The van der Waals surface area contributed by atoms with Crippen molar-refractivity contribution in [2.24, 2.45) is 0 Å². The number of hydrogen-bond acceptors (Lipinski definition) is 2. The minimum atomic E-state index is -0.0896. The molecule has 2 N–H and O–H groups in total. The number of benzene rings is 1. The Morgan fingerprint density at radius 1 is 1.53 bits per heavy atom. The van der Waals surface area contributed by atoms with Crippen LogP contribution in [0.2, 0.25) is 5.02 Å². The van der Waals surface area contributed by atoms with E-state index in [1.54, 1.807) is 12.1 Å². The second-order valence-electron chi connectivity index (χ2n) is 3.38. The van der Waals surface area contributed by atoms with E-state index >= 15 is 0 Å². The van der Waals surface area contributed by atoms with Crippen LogP contribution in [0.5, 0.6) is 0 Å². The van der Waals surface area contributed by atoms with Gasteiger partial charge in [-0.2, -0.15) is 0 Å². The topological polar surface area (TPSA) is 41.1 Å². The van der Waals surface area contributed by atoms with E-state index in [9.17, 15) is 4.79 Å². The Hall–Kier alpha value is -0.650. The zero-order valence-corrected chi connectivity index (χ0v) is 12.4. The van der Waals surface area contributed by atoms with Crippen molar-refractivity contribution in [1.82, 2.24) is 5.32 Å². The van der Waals surface area contributed by atoms with E-state index in [0.717, 1.165) is 16.6 Å². The number of anilines is 1. The molecule has 0 heterocycles. The highest BCUT2D eigenvalue weighted by Gasteiger charge is 2.04. The summed E-state index contributed by atoms with van der Waals surface area (Å²) in [4.78, 5) is 11.3. The van der Waals surface area contributed by atoms with Crippen LogP contribution in [0.25, 0.3) is 0 Å². The largest absolute Gasteiger partial charge is 0.332 e. The molecule has 17 heavy (non-hydrogen) atoms. The lowest BCUT2D eigenvalue weighted by Crippen LogP contribution is -2.33. The summed E-state index contributed by atoms with van der Waals surface area (Å²) in [6, 6.07) is 5.35. The number of carbonyl (C=O) groups is 1. The van der Waals surface area contributed by atoms with Crippen molar-refractivity contribution in [1.29, 1.82) is 0 Å². The summed E-state index contributed by atoms with van der Waals surface area (Å²) in [7, 11) is 0. The Bertz CT molecular complexity index is 439. The highest BCUT2D eigenvalue weighted by Crippen LogP contribution is 2.25. The molecular weight excluding hydrogens is 324 g/mol. The third kappa shape index (κ3) is 5.02. The second kappa shape index (κ2) is 6.93. The molecule has 1 amide bonds. The van der Waals surface area contributed by atoms with E-state index in [0.29, 0.717) is 11.4 Å². The number of amides is 1. The molecule has 0 saturated carbocycles. The van der Waals surface area contributed by atoms with E-state index in [1.165, 1.54) is 0 Å². The van der Waals surface area contributed by atoms with Gasteiger partial charge in [-0.05, 0) is 52.8 Å². The molecule has 0 aliphatic carbocycles. The van der Waals surface area contributed by atoms with Gasteiger partial charge in [0.05, 0.1) is 5.02 Å².